The quantitative estimate of drug-likeness (QED) is 0.882. The Labute approximate surface area is 111 Å². The van der Waals surface area contributed by atoms with Crippen LogP contribution in [-0.4, -0.2) is 19.8 Å². The smallest absolute Gasteiger partial charge is 0.0469 e. The summed E-state index contributed by atoms with van der Waals surface area (Å²) in [7, 11) is 0. The number of nitrogens with one attached hydrogen (secondary N) is 1. The van der Waals surface area contributed by atoms with E-state index in [-0.39, 0.29) is 0 Å². The SMILES string of the molecule is Cc1cc(C)c(CNCC2CCOCC2)c(C)c1. The van der Waals surface area contributed by atoms with Crippen molar-refractivity contribution in [1.82, 2.24) is 5.32 Å². The molecule has 0 unspecified atom stereocenters. The molecule has 100 valence electrons. The van der Waals surface area contributed by atoms with Crippen LogP contribution in [0.4, 0.5) is 0 Å². The first-order valence-electron chi connectivity index (χ1n) is 7.02. The van der Waals surface area contributed by atoms with E-state index in [1.54, 1.807) is 0 Å². The lowest BCUT2D eigenvalue weighted by molar-refractivity contribution is 0.0662. The van der Waals surface area contributed by atoms with Crippen LogP contribution in [0.5, 0.6) is 0 Å². The van der Waals surface area contributed by atoms with Gasteiger partial charge in [-0.05, 0) is 62.8 Å². The van der Waals surface area contributed by atoms with Crippen LogP contribution in [-0.2, 0) is 11.3 Å². The van der Waals surface area contributed by atoms with E-state index in [2.05, 4.69) is 38.2 Å². The normalized spacial score (nSPS) is 17.1. The maximum atomic E-state index is 5.39. The highest BCUT2D eigenvalue weighted by Gasteiger charge is 2.13. The van der Waals surface area contributed by atoms with Crippen molar-refractivity contribution in [2.24, 2.45) is 5.92 Å². The van der Waals surface area contributed by atoms with Gasteiger partial charge < -0.3 is 10.1 Å². The predicted octanol–water partition coefficient (Wildman–Crippen LogP) is 3.13. The van der Waals surface area contributed by atoms with E-state index in [1.165, 1.54) is 35.1 Å². The van der Waals surface area contributed by atoms with Gasteiger partial charge in [0.2, 0.25) is 0 Å². The van der Waals surface area contributed by atoms with E-state index in [4.69, 9.17) is 4.74 Å². The molecule has 1 fully saturated rings. The summed E-state index contributed by atoms with van der Waals surface area (Å²) >= 11 is 0. The first kappa shape index (κ1) is 13.6. The van der Waals surface area contributed by atoms with Crippen LogP contribution >= 0.6 is 0 Å². The number of benzene rings is 1. The fourth-order valence-electron chi connectivity index (χ4n) is 2.84. The summed E-state index contributed by atoms with van der Waals surface area (Å²) in [6.45, 7) is 10.6. The third-order valence-electron chi connectivity index (χ3n) is 3.92. The average molecular weight is 247 g/mol. The number of aryl methyl sites for hydroxylation is 3. The van der Waals surface area contributed by atoms with E-state index < -0.39 is 0 Å². The molecule has 0 amide bonds. The molecule has 1 heterocycles. The predicted molar refractivity (Wildman–Crippen MR) is 75.9 cm³/mol. The van der Waals surface area contributed by atoms with Crippen molar-refractivity contribution in [1.29, 1.82) is 0 Å². The largest absolute Gasteiger partial charge is 0.381 e. The zero-order valence-electron chi connectivity index (χ0n) is 11.9. The zero-order chi connectivity index (χ0) is 13.0. The third-order valence-corrected chi connectivity index (χ3v) is 3.92. The van der Waals surface area contributed by atoms with Gasteiger partial charge in [0.1, 0.15) is 0 Å². The van der Waals surface area contributed by atoms with Gasteiger partial charge in [-0.15, -0.1) is 0 Å². The minimum absolute atomic E-state index is 0.796. The van der Waals surface area contributed by atoms with Crippen molar-refractivity contribution in [3.05, 3.63) is 34.4 Å². The van der Waals surface area contributed by atoms with Gasteiger partial charge >= 0.3 is 0 Å². The summed E-state index contributed by atoms with van der Waals surface area (Å²) in [5, 5.41) is 3.62. The molecule has 0 radical (unpaired) electrons. The molecular formula is C16H25NO. The molecule has 2 rings (SSSR count). The molecule has 2 nitrogen and oxygen atoms in total. The van der Waals surface area contributed by atoms with Crippen LogP contribution in [0.25, 0.3) is 0 Å². The molecule has 2 heteroatoms. The Kier molecular flexibility index (Phi) is 4.79. The standard InChI is InChI=1S/C16H25NO/c1-12-8-13(2)16(14(3)9-12)11-17-10-15-4-6-18-7-5-15/h8-9,15,17H,4-7,10-11H2,1-3H3. The molecule has 0 bridgehead atoms. The van der Waals surface area contributed by atoms with Crippen LogP contribution < -0.4 is 5.32 Å². The second-order valence-corrected chi connectivity index (χ2v) is 5.56. The Morgan fingerprint density at radius 1 is 1.11 bits per heavy atom. The molecule has 1 aromatic rings. The van der Waals surface area contributed by atoms with Gasteiger partial charge in [0.15, 0.2) is 0 Å². The van der Waals surface area contributed by atoms with Gasteiger partial charge in [-0.3, -0.25) is 0 Å². The fourth-order valence-corrected chi connectivity index (χ4v) is 2.84. The molecule has 1 saturated heterocycles. The number of rotatable bonds is 4. The molecular weight excluding hydrogens is 222 g/mol. The summed E-state index contributed by atoms with van der Waals surface area (Å²) in [5.74, 6) is 0.796. The topological polar surface area (TPSA) is 21.3 Å². The Morgan fingerprint density at radius 2 is 1.72 bits per heavy atom. The second kappa shape index (κ2) is 6.35. The summed E-state index contributed by atoms with van der Waals surface area (Å²) < 4.78 is 5.39. The van der Waals surface area contributed by atoms with Crippen LogP contribution in [0.3, 0.4) is 0 Å². The first-order chi connectivity index (χ1) is 8.66. The minimum atomic E-state index is 0.796. The number of hydrogen-bond acceptors (Lipinski definition) is 2. The van der Waals surface area contributed by atoms with Crippen LogP contribution in [0.15, 0.2) is 12.1 Å². The molecule has 1 N–H and O–H groups in total. The lowest BCUT2D eigenvalue weighted by Crippen LogP contribution is -2.27. The fraction of sp³-hybridized carbons (Fsp3) is 0.625. The molecule has 0 atom stereocenters. The first-order valence-corrected chi connectivity index (χ1v) is 7.02. The Hall–Kier alpha value is -0.860. The van der Waals surface area contributed by atoms with E-state index in [1.807, 2.05) is 0 Å². The van der Waals surface area contributed by atoms with Crippen LogP contribution in [0.1, 0.15) is 35.1 Å². The number of hydrogen-bond donors (Lipinski definition) is 1. The average Bonchev–Trinajstić information content (AvgIpc) is 2.34. The van der Waals surface area contributed by atoms with Gasteiger partial charge in [-0.25, -0.2) is 0 Å². The Balaban J connectivity index is 1.86. The lowest BCUT2D eigenvalue weighted by atomic mass is 9.98. The van der Waals surface area contributed by atoms with E-state index in [0.29, 0.717) is 0 Å². The highest BCUT2D eigenvalue weighted by molar-refractivity contribution is 5.37. The maximum Gasteiger partial charge on any atom is 0.0469 e. The molecule has 1 aromatic carbocycles. The van der Waals surface area contributed by atoms with Crippen molar-refractivity contribution >= 4 is 0 Å². The van der Waals surface area contributed by atoms with Gasteiger partial charge in [0.25, 0.3) is 0 Å². The second-order valence-electron chi connectivity index (χ2n) is 5.56. The van der Waals surface area contributed by atoms with Gasteiger partial charge in [0.05, 0.1) is 0 Å². The third kappa shape index (κ3) is 3.56. The molecule has 1 aliphatic heterocycles. The van der Waals surface area contributed by atoms with E-state index in [0.717, 1.165) is 32.2 Å². The summed E-state index contributed by atoms with van der Waals surface area (Å²) in [6.07, 6.45) is 2.41. The van der Waals surface area contributed by atoms with E-state index >= 15 is 0 Å². The Morgan fingerprint density at radius 3 is 2.33 bits per heavy atom. The highest BCUT2D eigenvalue weighted by Crippen LogP contribution is 2.17. The molecule has 0 saturated carbocycles. The van der Waals surface area contributed by atoms with E-state index in [9.17, 15) is 0 Å². The monoisotopic (exact) mass is 247 g/mol. The maximum absolute atomic E-state index is 5.39. The van der Waals surface area contributed by atoms with Crippen molar-refractivity contribution in [3.63, 3.8) is 0 Å². The van der Waals surface area contributed by atoms with Crippen LogP contribution in [0.2, 0.25) is 0 Å². The van der Waals surface area contributed by atoms with Gasteiger partial charge in [0, 0.05) is 19.8 Å². The summed E-state index contributed by atoms with van der Waals surface area (Å²) in [6, 6.07) is 4.55. The number of ether oxygens (including phenoxy) is 1. The molecule has 1 aliphatic rings. The minimum Gasteiger partial charge on any atom is -0.381 e. The summed E-state index contributed by atoms with van der Waals surface area (Å²) in [4.78, 5) is 0. The Bertz CT molecular complexity index is 371. The molecule has 18 heavy (non-hydrogen) atoms. The molecule has 0 aromatic heterocycles. The molecule has 0 aliphatic carbocycles. The van der Waals surface area contributed by atoms with Gasteiger partial charge in [-0.2, -0.15) is 0 Å². The van der Waals surface area contributed by atoms with Crippen molar-refractivity contribution in [2.45, 2.75) is 40.2 Å². The zero-order valence-corrected chi connectivity index (χ0v) is 11.9. The van der Waals surface area contributed by atoms with Crippen molar-refractivity contribution in [3.8, 4) is 0 Å². The summed E-state index contributed by atoms with van der Waals surface area (Å²) in [5.41, 5.74) is 5.64. The van der Waals surface area contributed by atoms with Crippen molar-refractivity contribution < 1.29 is 4.74 Å². The lowest BCUT2D eigenvalue weighted by Gasteiger charge is -2.22. The van der Waals surface area contributed by atoms with Crippen LogP contribution in [0, 0.1) is 26.7 Å². The highest BCUT2D eigenvalue weighted by atomic mass is 16.5. The molecule has 0 spiro atoms. The van der Waals surface area contributed by atoms with Gasteiger partial charge in [-0.1, -0.05) is 17.7 Å². The van der Waals surface area contributed by atoms with Crippen molar-refractivity contribution in [2.75, 3.05) is 19.8 Å².